The Hall–Kier alpha value is -1.38. The molecule has 8 heteroatoms. The molecule has 0 atom stereocenters. The molecule has 23 heavy (non-hydrogen) atoms. The molecule has 128 valence electrons. The quantitative estimate of drug-likeness (QED) is 0.729. The lowest BCUT2D eigenvalue weighted by molar-refractivity contribution is 0.416. The zero-order valence-electron chi connectivity index (χ0n) is 13.6. The van der Waals surface area contributed by atoms with Gasteiger partial charge in [-0.05, 0) is 43.3 Å². The Bertz CT molecular complexity index is 669. The van der Waals surface area contributed by atoms with Crippen molar-refractivity contribution < 1.29 is 13.2 Å². The molecule has 0 spiro atoms. The molecule has 0 radical (unpaired) electrons. The molecule has 1 aromatic rings. The van der Waals surface area contributed by atoms with Crippen LogP contribution < -0.4 is 15.4 Å². The number of sulfonamides is 1. The highest BCUT2D eigenvalue weighted by Gasteiger charge is 2.24. The van der Waals surface area contributed by atoms with Gasteiger partial charge in [-0.15, -0.1) is 0 Å². The Morgan fingerprint density at radius 2 is 2.00 bits per heavy atom. The fourth-order valence-corrected chi connectivity index (χ4v) is 3.99. The Morgan fingerprint density at radius 3 is 2.52 bits per heavy atom. The molecule has 1 aliphatic carbocycles. The third kappa shape index (κ3) is 4.33. The zero-order chi connectivity index (χ0) is 17.0. The van der Waals surface area contributed by atoms with Crippen molar-refractivity contribution in [3.63, 3.8) is 0 Å². The van der Waals surface area contributed by atoms with Gasteiger partial charge in [-0.3, -0.25) is 0 Å². The van der Waals surface area contributed by atoms with E-state index in [2.05, 4.69) is 10.6 Å². The smallest absolute Gasteiger partial charge is 0.243 e. The topological polar surface area (TPSA) is 70.7 Å². The van der Waals surface area contributed by atoms with Crippen molar-refractivity contribution >= 4 is 33.0 Å². The first kappa shape index (κ1) is 18.0. The minimum atomic E-state index is -3.52. The Morgan fingerprint density at radius 1 is 1.35 bits per heavy atom. The number of thiocarbonyl (C=S) groups is 1. The summed E-state index contributed by atoms with van der Waals surface area (Å²) < 4.78 is 32.0. The summed E-state index contributed by atoms with van der Waals surface area (Å²) in [5, 5.41) is 6.67. The van der Waals surface area contributed by atoms with Crippen molar-refractivity contribution in [2.24, 2.45) is 0 Å². The van der Waals surface area contributed by atoms with E-state index in [0.29, 0.717) is 35.7 Å². The number of nitrogens with zero attached hydrogens (tertiary/aromatic N) is 1. The second-order valence-corrected chi connectivity index (χ2v) is 7.67. The Labute approximate surface area is 143 Å². The van der Waals surface area contributed by atoms with Crippen molar-refractivity contribution in [2.75, 3.05) is 25.5 Å². The minimum absolute atomic E-state index is 0.221. The number of rotatable bonds is 7. The van der Waals surface area contributed by atoms with Gasteiger partial charge >= 0.3 is 0 Å². The Balaban J connectivity index is 2.28. The maximum Gasteiger partial charge on any atom is 0.243 e. The lowest BCUT2D eigenvalue weighted by Gasteiger charge is -2.20. The summed E-state index contributed by atoms with van der Waals surface area (Å²) in [7, 11) is -1.98. The number of hydrogen-bond donors (Lipinski definition) is 2. The number of methoxy groups -OCH3 is 1. The molecule has 0 saturated heterocycles. The van der Waals surface area contributed by atoms with Crippen molar-refractivity contribution in [1.82, 2.24) is 9.62 Å². The molecule has 0 unspecified atom stereocenters. The average molecular weight is 358 g/mol. The van der Waals surface area contributed by atoms with Gasteiger partial charge in [-0.25, -0.2) is 8.42 Å². The second kappa shape index (κ2) is 7.46. The summed E-state index contributed by atoms with van der Waals surface area (Å²) in [5.41, 5.74) is 0.541. The molecule has 1 aromatic carbocycles. The summed E-state index contributed by atoms with van der Waals surface area (Å²) in [6.45, 7) is 4.49. The van der Waals surface area contributed by atoms with Crippen molar-refractivity contribution in [2.45, 2.75) is 37.6 Å². The van der Waals surface area contributed by atoms with E-state index >= 15 is 0 Å². The zero-order valence-corrected chi connectivity index (χ0v) is 15.3. The van der Waals surface area contributed by atoms with Crippen LogP contribution in [0.2, 0.25) is 0 Å². The molecule has 1 aliphatic rings. The average Bonchev–Trinajstić information content (AvgIpc) is 3.31. The first-order valence-electron chi connectivity index (χ1n) is 7.68. The van der Waals surface area contributed by atoms with E-state index in [-0.39, 0.29) is 4.90 Å². The van der Waals surface area contributed by atoms with Crippen LogP contribution in [-0.4, -0.2) is 44.1 Å². The van der Waals surface area contributed by atoms with Crippen LogP contribution in [0.5, 0.6) is 5.75 Å². The van der Waals surface area contributed by atoms with Crippen LogP contribution in [0, 0.1) is 0 Å². The Kier molecular flexibility index (Phi) is 5.83. The van der Waals surface area contributed by atoms with Crippen LogP contribution >= 0.6 is 12.2 Å². The van der Waals surface area contributed by atoms with E-state index in [0.717, 1.165) is 12.8 Å². The standard InChI is InChI=1S/C15H23N3O3S2/c1-4-18(5-2)23(19,20)12-8-9-14(21-3)13(10-12)17-15(22)16-11-6-7-11/h8-11H,4-7H2,1-3H3,(H2,16,17,22). The molecule has 2 N–H and O–H groups in total. The van der Waals surface area contributed by atoms with Crippen LogP contribution in [-0.2, 0) is 10.0 Å². The molecule has 0 heterocycles. The monoisotopic (exact) mass is 357 g/mol. The normalized spacial score (nSPS) is 14.6. The van der Waals surface area contributed by atoms with E-state index in [1.54, 1.807) is 18.2 Å². The molecule has 1 fully saturated rings. The van der Waals surface area contributed by atoms with Gasteiger partial charge < -0.3 is 15.4 Å². The number of benzene rings is 1. The predicted octanol–water partition coefficient (Wildman–Crippen LogP) is 2.17. The molecule has 0 bridgehead atoms. The lowest BCUT2D eigenvalue weighted by Crippen LogP contribution is -2.31. The van der Waals surface area contributed by atoms with Gasteiger partial charge in [-0.1, -0.05) is 13.8 Å². The fraction of sp³-hybridized carbons (Fsp3) is 0.533. The van der Waals surface area contributed by atoms with Crippen LogP contribution in [0.3, 0.4) is 0 Å². The summed E-state index contributed by atoms with van der Waals surface area (Å²) in [4.78, 5) is 0.221. The van der Waals surface area contributed by atoms with Gasteiger partial charge in [0.05, 0.1) is 17.7 Å². The van der Waals surface area contributed by atoms with Crippen LogP contribution in [0.15, 0.2) is 23.1 Å². The summed E-state index contributed by atoms with van der Waals surface area (Å²) >= 11 is 5.26. The molecule has 1 saturated carbocycles. The van der Waals surface area contributed by atoms with Crippen molar-refractivity contribution in [3.05, 3.63) is 18.2 Å². The summed E-state index contributed by atoms with van der Waals surface area (Å²) in [6.07, 6.45) is 2.21. The highest BCUT2D eigenvalue weighted by molar-refractivity contribution is 7.89. The molecule has 0 aromatic heterocycles. The summed E-state index contributed by atoms with van der Waals surface area (Å²) in [6, 6.07) is 5.17. The molecular weight excluding hydrogens is 334 g/mol. The van der Waals surface area contributed by atoms with Gasteiger partial charge in [0.2, 0.25) is 10.0 Å². The molecule has 0 aliphatic heterocycles. The first-order valence-corrected chi connectivity index (χ1v) is 9.52. The van der Waals surface area contributed by atoms with Crippen LogP contribution in [0.1, 0.15) is 26.7 Å². The fourth-order valence-electron chi connectivity index (χ4n) is 2.23. The number of hydrogen-bond acceptors (Lipinski definition) is 4. The highest BCUT2D eigenvalue weighted by Crippen LogP contribution is 2.29. The minimum Gasteiger partial charge on any atom is -0.495 e. The van der Waals surface area contributed by atoms with E-state index in [1.165, 1.54) is 11.4 Å². The van der Waals surface area contributed by atoms with Gasteiger partial charge in [-0.2, -0.15) is 4.31 Å². The molecule has 6 nitrogen and oxygen atoms in total. The SMILES string of the molecule is CCN(CC)S(=O)(=O)c1ccc(OC)c(NC(=S)NC2CC2)c1. The maximum atomic E-state index is 12.6. The number of anilines is 1. The van der Waals surface area contributed by atoms with Crippen LogP contribution in [0.25, 0.3) is 0 Å². The van der Waals surface area contributed by atoms with Gasteiger partial charge in [0.1, 0.15) is 5.75 Å². The number of nitrogens with one attached hydrogen (secondary N) is 2. The van der Waals surface area contributed by atoms with E-state index in [1.807, 2.05) is 13.8 Å². The largest absolute Gasteiger partial charge is 0.495 e. The third-order valence-electron chi connectivity index (χ3n) is 3.67. The van der Waals surface area contributed by atoms with E-state index in [4.69, 9.17) is 17.0 Å². The lowest BCUT2D eigenvalue weighted by atomic mass is 10.3. The van der Waals surface area contributed by atoms with Crippen LogP contribution in [0.4, 0.5) is 5.69 Å². The van der Waals surface area contributed by atoms with Gasteiger partial charge in [0.15, 0.2) is 5.11 Å². The molecular formula is C15H23N3O3S2. The third-order valence-corrected chi connectivity index (χ3v) is 5.94. The van der Waals surface area contributed by atoms with Gasteiger partial charge in [0.25, 0.3) is 0 Å². The number of ether oxygens (including phenoxy) is 1. The maximum absolute atomic E-state index is 12.6. The summed E-state index contributed by atoms with van der Waals surface area (Å²) in [5.74, 6) is 0.545. The van der Waals surface area contributed by atoms with Crippen molar-refractivity contribution in [1.29, 1.82) is 0 Å². The first-order chi connectivity index (χ1) is 10.9. The van der Waals surface area contributed by atoms with E-state index < -0.39 is 10.0 Å². The predicted molar refractivity (Wildman–Crippen MR) is 95.5 cm³/mol. The highest BCUT2D eigenvalue weighted by atomic mass is 32.2. The van der Waals surface area contributed by atoms with Crippen molar-refractivity contribution in [3.8, 4) is 5.75 Å². The molecule has 2 rings (SSSR count). The van der Waals surface area contributed by atoms with E-state index in [9.17, 15) is 8.42 Å². The second-order valence-electron chi connectivity index (χ2n) is 5.32. The molecule has 0 amide bonds. The van der Waals surface area contributed by atoms with Gasteiger partial charge in [0, 0.05) is 19.1 Å².